The molecule has 1 atom stereocenters. The van der Waals surface area contributed by atoms with Crippen LogP contribution >= 0.6 is 0 Å². The van der Waals surface area contributed by atoms with E-state index in [0.29, 0.717) is 12.5 Å². The summed E-state index contributed by atoms with van der Waals surface area (Å²) < 4.78 is 0. The first-order chi connectivity index (χ1) is 5.83. The standard InChI is InChI=1S/C8H16N2O2/c11-5-1-4-9-6-7-2-3-8(12)10-7/h7,9,11H,1-6H2,(H,10,12). The highest BCUT2D eigenvalue weighted by atomic mass is 16.3. The molecule has 0 bridgehead atoms. The zero-order valence-corrected chi connectivity index (χ0v) is 7.18. The lowest BCUT2D eigenvalue weighted by Gasteiger charge is -2.10. The Balaban J connectivity index is 1.97. The summed E-state index contributed by atoms with van der Waals surface area (Å²) in [5, 5.41) is 14.5. The number of aliphatic hydroxyl groups excluding tert-OH is 1. The second-order valence-electron chi connectivity index (χ2n) is 3.08. The summed E-state index contributed by atoms with van der Waals surface area (Å²) in [5.41, 5.74) is 0. The van der Waals surface area contributed by atoms with Crippen molar-refractivity contribution in [2.24, 2.45) is 0 Å². The fraction of sp³-hybridized carbons (Fsp3) is 0.875. The second kappa shape index (κ2) is 5.11. The first kappa shape index (κ1) is 9.48. The van der Waals surface area contributed by atoms with Gasteiger partial charge in [0.05, 0.1) is 0 Å². The van der Waals surface area contributed by atoms with Crippen molar-refractivity contribution in [3.8, 4) is 0 Å². The number of nitrogens with one attached hydrogen (secondary N) is 2. The molecule has 1 saturated heterocycles. The number of rotatable bonds is 5. The average Bonchev–Trinajstić information content (AvgIpc) is 2.45. The van der Waals surface area contributed by atoms with E-state index in [1.165, 1.54) is 0 Å². The Morgan fingerprint density at radius 1 is 1.67 bits per heavy atom. The molecule has 1 fully saturated rings. The van der Waals surface area contributed by atoms with Crippen molar-refractivity contribution < 1.29 is 9.90 Å². The molecule has 0 aromatic carbocycles. The number of amides is 1. The van der Waals surface area contributed by atoms with Gasteiger partial charge in [0.2, 0.25) is 5.91 Å². The molecule has 1 aliphatic heterocycles. The van der Waals surface area contributed by atoms with Gasteiger partial charge in [-0.3, -0.25) is 4.79 Å². The highest BCUT2D eigenvalue weighted by molar-refractivity contribution is 5.78. The third-order valence-corrected chi connectivity index (χ3v) is 1.99. The quantitative estimate of drug-likeness (QED) is 0.478. The summed E-state index contributed by atoms with van der Waals surface area (Å²) in [4.78, 5) is 10.8. The van der Waals surface area contributed by atoms with Crippen LogP contribution in [0.2, 0.25) is 0 Å². The summed E-state index contributed by atoms with van der Waals surface area (Å²) in [6.45, 7) is 1.87. The summed E-state index contributed by atoms with van der Waals surface area (Å²) >= 11 is 0. The summed E-state index contributed by atoms with van der Waals surface area (Å²) in [7, 11) is 0. The smallest absolute Gasteiger partial charge is 0.220 e. The number of carbonyl (C=O) groups excluding carboxylic acids is 1. The van der Waals surface area contributed by atoms with E-state index >= 15 is 0 Å². The Morgan fingerprint density at radius 3 is 3.08 bits per heavy atom. The van der Waals surface area contributed by atoms with Crippen LogP contribution in [0, 0.1) is 0 Å². The van der Waals surface area contributed by atoms with E-state index < -0.39 is 0 Å². The predicted octanol–water partition coefficient (Wildman–Crippen LogP) is -0.763. The third kappa shape index (κ3) is 3.19. The average molecular weight is 172 g/mol. The fourth-order valence-corrected chi connectivity index (χ4v) is 1.31. The molecule has 1 aliphatic rings. The summed E-state index contributed by atoms with van der Waals surface area (Å²) in [6, 6.07) is 0.302. The summed E-state index contributed by atoms with van der Waals surface area (Å²) in [5.74, 6) is 0.156. The van der Waals surface area contributed by atoms with E-state index in [4.69, 9.17) is 5.11 Å². The van der Waals surface area contributed by atoms with E-state index in [1.54, 1.807) is 0 Å². The molecular formula is C8H16N2O2. The van der Waals surface area contributed by atoms with Crippen molar-refractivity contribution in [2.75, 3.05) is 19.7 Å². The van der Waals surface area contributed by atoms with Crippen LogP contribution in [0.1, 0.15) is 19.3 Å². The first-order valence-electron chi connectivity index (χ1n) is 4.44. The molecule has 4 heteroatoms. The van der Waals surface area contributed by atoms with E-state index in [2.05, 4.69) is 10.6 Å². The fourth-order valence-electron chi connectivity index (χ4n) is 1.31. The van der Waals surface area contributed by atoms with E-state index in [0.717, 1.165) is 25.9 Å². The molecule has 0 aliphatic carbocycles. The molecule has 3 N–H and O–H groups in total. The Labute approximate surface area is 72.3 Å². The molecular weight excluding hydrogens is 156 g/mol. The molecule has 1 rings (SSSR count). The van der Waals surface area contributed by atoms with Crippen molar-refractivity contribution in [3.05, 3.63) is 0 Å². The molecule has 0 spiro atoms. The van der Waals surface area contributed by atoms with Crippen LogP contribution in [0.4, 0.5) is 0 Å². The maximum Gasteiger partial charge on any atom is 0.220 e. The Kier molecular flexibility index (Phi) is 4.04. The number of hydrogen-bond donors (Lipinski definition) is 3. The van der Waals surface area contributed by atoms with Crippen molar-refractivity contribution in [1.29, 1.82) is 0 Å². The van der Waals surface area contributed by atoms with Crippen molar-refractivity contribution >= 4 is 5.91 Å². The van der Waals surface area contributed by atoms with Gasteiger partial charge in [-0.15, -0.1) is 0 Å². The maximum atomic E-state index is 10.8. The van der Waals surface area contributed by atoms with E-state index in [-0.39, 0.29) is 12.5 Å². The minimum atomic E-state index is 0.156. The zero-order chi connectivity index (χ0) is 8.81. The molecule has 0 saturated carbocycles. The lowest BCUT2D eigenvalue weighted by Crippen LogP contribution is -2.36. The Hall–Kier alpha value is -0.610. The van der Waals surface area contributed by atoms with Crippen LogP contribution in [0.25, 0.3) is 0 Å². The zero-order valence-electron chi connectivity index (χ0n) is 7.18. The normalized spacial score (nSPS) is 22.8. The minimum Gasteiger partial charge on any atom is -0.396 e. The van der Waals surface area contributed by atoms with Gasteiger partial charge in [0.15, 0.2) is 0 Å². The molecule has 1 heterocycles. The van der Waals surface area contributed by atoms with E-state index in [1.807, 2.05) is 0 Å². The minimum absolute atomic E-state index is 0.156. The lowest BCUT2D eigenvalue weighted by atomic mass is 10.2. The monoisotopic (exact) mass is 172 g/mol. The molecule has 0 aromatic heterocycles. The van der Waals surface area contributed by atoms with Crippen molar-refractivity contribution in [1.82, 2.24) is 10.6 Å². The highest BCUT2D eigenvalue weighted by Gasteiger charge is 2.19. The van der Waals surface area contributed by atoms with Crippen LogP contribution in [0.3, 0.4) is 0 Å². The molecule has 4 nitrogen and oxygen atoms in total. The van der Waals surface area contributed by atoms with Gasteiger partial charge < -0.3 is 15.7 Å². The van der Waals surface area contributed by atoms with Crippen LogP contribution in [-0.2, 0) is 4.79 Å². The predicted molar refractivity (Wildman–Crippen MR) is 45.7 cm³/mol. The van der Waals surface area contributed by atoms with Gasteiger partial charge in [-0.25, -0.2) is 0 Å². The number of hydrogen-bond acceptors (Lipinski definition) is 3. The van der Waals surface area contributed by atoms with Gasteiger partial charge >= 0.3 is 0 Å². The van der Waals surface area contributed by atoms with Gasteiger partial charge in [0.25, 0.3) is 0 Å². The van der Waals surface area contributed by atoms with Gasteiger partial charge in [0.1, 0.15) is 0 Å². The van der Waals surface area contributed by atoms with Crippen molar-refractivity contribution in [2.45, 2.75) is 25.3 Å². The van der Waals surface area contributed by atoms with Crippen molar-refractivity contribution in [3.63, 3.8) is 0 Å². The van der Waals surface area contributed by atoms with Gasteiger partial charge in [-0.1, -0.05) is 0 Å². The van der Waals surface area contributed by atoms with Crippen LogP contribution in [0.15, 0.2) is 0 Å². The SMILES string of the molecule is O=C1CCC(CNCCCO)N1. The lowest BCUT2D eigenvalue weighted by molar-refractivity contribution is -0.119. The van der Waals surface area contributed by atoms with Gasteiger partial charge in [0, 0.05) is 25.6 Å². The largest absolute Gasteiger partial charge is 0.396 e. The van der Waals surface area contributed by atoms with Gasteiger partial charge in [-0.2, -0.15) is 0 Å². The maximum absolute atomic E-state index is 10.8. The van der Waals surface area contributed by atoms with Crippen LogP contribution in [-0.4, -0.2) is 36.8 Å². The molecule has 70 valence electrons. The molecule has 1 amide bonds. The summed E-state index contributed by atoms with van der Waals surface area (Å²) in [6.07, 6.45) is 2.37. The molecule has 0 radical (unpaired) electrons. The number of carbonyl (C=O) groups is 1. The Morgan fingerprint density at radius 2 is 2.50 bits per heavy atom. The third-order valence-electron chi connectivity index (χ3n) is 1.99. The second-order valence-corrected chi connectivity index (χ2v) is 3.08. The topological polar surface area (TPSA) is 61.4 Å². The van der Waals surface area contributed by atoms with Gasteiger partial charge in [-0.05, 0) is 19.4 Å². The molecule has 12 heavy (non-hydrogen) atoms. The first-order valence-corrected chi connectivity index (χ1v) is 4.44. The Bertz CT molecular complexity index is 150. The molecule has 0 aromatic rings. The number of aliphatic hydroxyl groups is 1. The van der Waals surface area contributed by atoms with Crippen LogP contribution in [0.5, 0.6) is 0 Å². The van der Waals surface area contributed by atoms with E-state index in [9.17, 15) is 4.79 Å². The highest BCUT2D eigenvalue weighted by Crippen LogP contribution is 2.04. The molecule has 1 unspecified atom stereocenters. The van der Waals surface area contributed by atoms with Crippen LogP contribution < -0.4 is 10.6 Å².